The Labute approximate surface area is 120 Å². The van der Waals surface area contributed by atoms with Crippen molar-refractivity contribution in [2.75, 3.05) is 0 Å². The molecule has 0 N–H and O–H groups in total. The second-order valence-electron chi connectivity index (χ2n) is 7.76. The highest BCUT2D eigenvalue weighted by molar-refractivity contribution is 5.07. The maximum Gasteiger partial charge on any atom is -0.0197 e. The average molecular weight is 260 g/mol. The Bertz CT molecular complexity index is 316. The van der Waals surface area contributed by atoms with Gasteiger partial charge in [-0.3, -0.25) is 0 Å². The highest BCUT2D eigenvalue weighted by Gasteiger charge is 2.47. The van der Waals surface area contributed by atoms with E-state index in [2.05, 4.69) is 26.0 Å². The van der Waals surface area contributed by atoms with Crippen molar-refractivity contribution in [3.05, 3.63) is 12.2 Å². The van der Waals surface area contributed by atoms with Crippen molar-refractivity contribution in [1.29, 1.82) is 0 Å². The van der Waals surface area contributed by atoms with Crippen molar-refractivity contribution in [2.45, 2.75) is 71.6 Å². The average Bonchev–Trinajstić information content (AvgIpc) is 3.09. The van der Waals surface area contributed by atoms with Crippen LogP contribution < -0.4 is 0 Å². The Morgan fingerprint density at radius 1 is 0.895 bits per heavy atom. The van der Waals surface area contributed by atoms with Crippen molar-refractivity contribution in [1.82, 2.24) is 0 Å². The first-order chi connectivity index (χ1) is 9.28. The van der Waals surface area contributed by atoms with Gasteiger partial charge in [-0.25, -0.2) is 0 Å². The molecule has 2 saturated carbocycles. The van der Waals surface area contributed by atoms with Crippen LogP contribution in [0.15, 0.2) is 12.2 Å². The van der Waals surface area contributed by atoms with E-state index in [0.717, 1.165) is 35.5 Å². The maximum atomic E-state index is 2.56. The van der Waals surface area contributed by atoms with Gasteiger partial charge in [-0.15, -0.1) is 0 Å². The summed E-state index contributed by atoms with van der Waals surface area (Å²) >= 11 is 0. The molecule has 3 aliphatic rings. The van der Waals surface area contributed by atoms with Gasteiger partial charge in [-0.05, 0) is 61.2 Å². The summed E-state index contributed by atoms with van der Waals surface area (Å²) in [6, 6.07) is 0. The predicted molar refractivity (Wildman–Crippen MR) is 83.0 cm³/mol. The van der Waals surface area contributed by atoms with Crippen LogP contribution >= 0.6 is 0 Å². The molecule has 0 heteroatoms. The van der Waals surface area contributed by atoms with E-state index >= 15 is 0 Å². The van der Waals surface area contributed by atoms with Crippen molar-refractivity contribution in [3.63, 3.8) is 0 Å². The van der Waals surface area contributed by atoms with Crippen LogP contribution in [0.4, 0.5) is 0 Å². The van der Waals surface area contributed by atoms with Gasteiger partial charge in [0.15, 0.2) is 0 Å². The summed E-state index contributed by atoms with van der Waals surface area (Å²) in [5.41, 5.74) is 0. The predicted octanol–water partition coefficient (Wildman–Crippen LogP) is 5.83. The van der Waals surface area contributed by atoms with Crippen LogP contribution in [0.3, 0.4) is 0 Å². The molecule has 3 aliphatic carbocycles. The summed E-state index contributed by atoms with van der Waals surface area (Å²) in [4.78, 5) is 0. The zero-order valence-electron chi connectivity index (χ0n) is 13.0. The van der Waals surface area contributed by atoms with Gasteiger partial charge in [0.2, 0.25) is 0 Å². The fourth-order valence-corrected chi connectivity index (χ4v) is 5.39. The Morgan fingerprint density at radius 3 is 2.42 bits per heavy atom. The number of hydrogen-bond acceptors (Lipinski definition) is 0. The molecule has 6 unspecified atom stereocenters. The van der Waals surface area contributed by atoms with Gasteiger partial charge in [0.05, 0.1) is 0 Å². The first-order valence-corrected chi connectivity index (χ1v) is 8.96. The highest BCUT2D eigenvalue weighted by Crippen LogP contribution is 2.57. The van der Waals surface area contributed by atoms with Gasteiger partial charge in [0.25, 0.3) is 0 Å². The largest absolute Gasteiger partial charge is 0.0854 e. The standard InChI is InChI=1S/C19H32/c1-3-4-5-6-7-15-11-18-12-17(15)13-19(18)16-9-8-14(2)10-16/h8-9,14-19H,3-7,10-13H2,1-2H3. The van der Waals surface area contributed by atoms with Gasteiger partial charge in [0, 0.05) is 0 Å². The number of unbranched alkanes of at least 4 members (excludes halogenated alkanes) is 3. The summed E-state index contributed by atoms with van der Waals surface area (Å²) < 4.78 is 0. The van der Waals surface area contributed by atoms with E-state index in [1.807, 2.05) is 0 Å². The van der Waals surface area contributed by atoms with E-state index in [-0.39, 0.29) is 0 Å². The molecule has 2 bridgehead atoms. The van der Waals surface area contributed by atoms with Crippen LogP contribution in [0.5, 0.6) is 0 Å². The van der Waals surface area contributed by atoms with E-state index in [1.165, 1.54) is 32.1 Å². The third-order valence-corrected chi connectivity index (χ3v) is 6.37. The third kappa shape index (κ3) is 2.93. The molecular weight excluding hydrogens is 228 g/mol. The Balaban J connectivity index is 1.44. The first-order valence-electron chi connectivity index (χ1n) is 8.96. The monoisotopic (exact) mass is 260 g/mol. The van der Waals surface area contributed by atoms with Crippen molar-refractivity contribution < 1.29 is 0 Å². The van der Waals surface area contributed by atoms with Gasteiger partial charge < -0.3 is 0 Å². The molecule has 0 nitrogen and oxygen atoms in total. The molecular formula is C19H32. The molecule has 6 atom stereocenters. The van der Waals surface area contributed by atoms with E-state index in [0.29, 0.717) is 0 Å². The summed E-state index contributed by atoms with van der Waals surface area (Å²) in [5.74, 6) is 6.20. The normalized spacial score (nSPS) is 44.3. The molecule has 3 rings (SSSR count). The van der Waals surface area contributed by atoms with Crippen LogP contribution in [-0.2, 0) is 0 Å². The molecule has 0 heterocycles. The van der Waals surface area contributed by atoms with Crippen LogP contribution in [-0.4, -0.2) is 0 Å². The zero-order valence-corrected chi connectivity index (χ0v) is 13.0. The molecule has 0 aliphatic heterocycles. The lowest BCUT2D eigenvalue weighted by Gasteiger charge is -2.31. The molecule has 0 saturated heterocycles. The van der Waals surface area contributed by atoms with Crippen LogP contribution in [0.2, 0.25) is 0 Å². The Morgan fingerprint density at radius 2 is 1.79 bits per heavy atom. The minimum absolute atomic E-state index is 0.856. The number of allylic oxidation sites excluding steroid dienone is 2. The molecule has 0 spiro atoms. The second kappa shape index (κ2) is 6.02. The van der Waals surface area contributed by atoms with Gasteiger partial charge >= 0.3 is 0 Å². The zero-order chi connectivity index (χ0) is 13.2. The number of rotatable bonds is 6. The van der Waals surface area contributed by atoms with Gasteiger partial charge in [0.1, 0.15) is 0 Å². The van der Waals surface area contributed by atoms with E-state index in [4.69, 9.17) is 0 Å². The molecule has 108 valence electrons. The molecule has 2 fully saturated rings. The molecule has 19 heavy (non-hydrogen) atoms. The quantitative estimate of drug-likeness (QED) is 0.416. The second-order valence-corrected chi connectivity index (χ2v) is 7.76. The van der Waals surface area contributed by atoms with Crippen LogP contribution in [0.1, 0.15) is 71.6 Å². The molecule has 0 radical (unpaired) electrons. The fraction of sp³-hybridized carbons (Fsp3) is 0.895. The minimum Gasteiger partial charge on any atom is -0.0854 e. The maximum absolute atomic E-state index is 2.56. The number of fused-ring (bicyclic) bond motifs is 2. The summed E-state index contributed by atoms with van der Waals surface area (Å²) in [6.07, 6.45) is 18.6. The van der Waals surface area contributed by atoms with Crippen LogP contribution in [0.25, 0.3) is 0 Å². The smallest absolute Gasteiger partial charge is 0.0197 e. The van der Waals surface area contributed by atoms with E-state index < -0.39 is 0 Å². The first kappa shape index (κ1) is 13.7. The van der Waals surface area contributed by atoms with Gasteiger partial charge in [-0.2, -0.15) is 0 Å². The van der Waals surface area contributed by atoms with Crippen molar-refractivity contribution in [2.24, 2.45) is 35.5 Å². The summed E-state index contributed by atoms with van der Waals surface area (Å²) in [7, 11) is 0. The summed E-state index contributed by atoms with van der Waals surface area (Å²) in [5, 5.41) is 0. The molecule has 0 aromatic carbocycles. The highest BCUT2D eigenvalue weighted by atomic mass is 14.5. The molecule has 0 aromatic heterocycles. The lowest BCUT2D eigenvalue weighted by molar-refractivity contribution is 0.197. The Hall–Kier alpha value is -0.260. The molecule has 0 amide bonds. The van der Waals surface area contributed by atoms with Crippen LogP contribution in [0, 0.1) is 35.5 Å². The Kier molecular flexibility index (Phi) is 4.34. The van der Waals surface area contributed by atoms with E-state index in [1.54, 1.807) is 25.7 Å². The topological polar surface area (TPSA) is 0 Å². The minimum atomic E-state index is 0.856. The third-order valence-electron chi connectivity index (χ3n) is 6.37. The lowest BCUT2D eigenvalue weighted by atomic mass is 9.74. The fourth-order valence-electron chi connectivity index (χ4n) is 5.39. The lowest BCUT2D eigenvalue weighted by Crippen LogP contribution is -2.23. The molecule has 0 aromatic rings. The van der Waals surface area contributed by atoms with Gasteiger partial charge in [-0.1, -0.05) is 58.1 Å². The summed E-state index contributed by atoms with van der Waals surface area (Å²) in [6.45, 7) is 4.71. The SMILES string of the molecule is CCCCCCC1CC2CC1CC2C1C=CC(C)C1. The van der Waals surface area contributed by atoms with E-state index in [9.17, 15) is 0 Å². The van der Waals surface area contributed by atoms with Crippen molar-refractivity contribution >= 4 is 0 Å². The number of hydrogen-bond donors (Lipinski definition) is 0. The van der Waals surface area contributed by atoms with Crippen molar-refractivity contribution in [3.8, 4) is 0 Å².